The molecule has 2 aliphatic heterocycles. The molecule has 0 saturated carbocycles. The first-order valence-corrected chi connectivity index (χ1v) is 11.4. The second kappa shape index (κ2) is 9.74. The van der Waals surface area contributed by atoms with E-state index < -0.39 is 0 Å². The molecule has 0 aliphatic carbocycles. The second-order valence-corrected chi connectivity index (χ2v) is 8.75. The fraction of sp³-hybridized carbons (Fsp3) is 0.462. The molecular formula is C26H33N3O3. The van der Waals surface area contributed by atoms with E-state index in [4.69, 9.17) is 14.6 Å². The molecule has 1 atom stereocenters. The number of hydrogen-bond donors (Lipinski definition) is 0. The van der Waals surface area contributed by atoms with Gasteiger partial charge >= 0.3 is 0 Å². The van der Waals surface area contributed by atoms with E-state index in [2.05, 4.69) is 36.9 Å². The lowest BCUT2D eigenvalue weighted by atomic mass is 9.95. The normalized spacial score (nSPS) is 19.1. The highest BCUT2D eigenvalue weighted by Gasteiger charge is 2.35. The van der Waals surface area contributed by atoms with Crippen LogP contribution >= 0.6 is 0 Å². The average molecular weight is 436 g/mol. The minimum atomic E-state index is -0.228. The summed E-state index contributed by atoms with van der Waals surface area (Å²) in [5.41, 5.74) is 5.37. The fourth-order valence-corrected chi connectivity index (χ4v) is 4.56. The van der Waals surface area contributed by atoms with Crippen molar-refractivity contribution in [3.05, 3.63) is 58.7 Å². The molecule has 0 radical (unpaired) electrons. The third kappa shape index (κ3) is 4.65. The number of ether oxygens (including phenoxy) is 2. The summed E-state index contributed by atoms with van der Waals surface area (Å²) in [6.45, 7) is 6.55. The average Bonchev–Trinajstić information content (AvgIpc) is 3.26. The first kappa shape index (κ1) is 22.3. The maximum atomic E-state index is 13.5. The molecule has 1 unspecified atom stereocenters. The highest BCUT2D eigenvalue weighted by atomic mass is 16.5. The number of carbonyl (C=O) groups is 1. The first-order valence-electron chi connectivity index (χ1n) is 11.4. The van der Waals surface area contributed by atoms with E-state index in [1.54, 1.807) is 19.2 Å². The van der Waals surface area contributed by atoms with Gasteiger partial charge in [-0.05, 0) is 80.7 Å². The Labute approximate surface area is 190 Å². The summed E-state index contributed by atoms with van der Waals surface area (Å²) >= 11 is 0. The second-order valence-electron chi connectivity index (χ2n) is 8.75. The summed E-state index contributed by atoms with van der Waals surface area (Å²) in [4.78, 5) is 15.7. The highest BCUT2D eigenvalue weighted by Crippen LogP contribution is 2.39. The van der Waals surface area contributed by atoms with Crippen LogP contribution < -0.4 is 9.47 Å². The van der Waals surface area contributed by atoms with Crippen molar-refractivity contribution >= 4 is 11.6 Å². The van der Waals surface area contributed by atoms with E-state index in [0.29, 0.717) is 13.0 Å². The molecule has 1 fully saturated rings. The summed E-state index contributed by atoms with van der Waals surface area (Å²) in [6.07, 6.45) is 4.18. The number of rotatable bonds is 6. The standard InChI is InChI=1S/C26H33N3O3/c1-18-8-9-20(14-19(18)2)23-16-24(22-15-21(31-3)10-11-25(22)32-4)29(27-23)26(30)17-28-12-6-5-7-13-28/h8-11,14-15,24H,5-7,12-13,16-17H2,1-4H3. The molecule has 0 bridgehead atoms. The summed E-state index contributed by atoms with van der Waals surface area (Å²) in [5.74, 6) is 1.51. The smallest absolute Gasteiger partial charge is 0.257 e. The zero-order chi connectivity index (χ0) is 22.7. The number of piperidine rings is 1. The minimum Gasteiger partial charge on any atom is -0.497 e. The fourth-order valence-electron chi connectivity index (χ4n) is 4.56. The molecule has 2 aromatic carbocycles. The van der Waals surface area contributed by atoms with E-state index in [1.165, 1.54) is 17.5 Å². The SMILES string of the molecule is COc1ccc(OC)c(C2CC(c3ccc(C)c(C)c3)=NN2C(=O)CN2CCCCC2)c1. The van der Waals surface area contributed by atoms with Crippen LogP contribution in [-0.2, 0) is 4.79 Å². The number of nitrogens with zero attached hydrogens (tertiary/aromatic N) is 3. The summed E-state index contributed by atoms with van der Waals surface area (Å²) in [6, 6.07) is 11.9. The molecule has 4 rings (SSSR count). The molecule has 2 aromatic rings. The van der Waals surface area contributed by atoms with Crippen LogP contribution in [0.25, 0.3) is 0 Å². The predicted octanol–water partition coefficient (Wildman–Crippen LogP) is 4.48. The van der Waals surface area contributed by atoms with Gasteiger partial charge in [-0.25, -0.2) is 5.01 Å². The first-order chi connectivity index (χ1) is 15.5. The van der Waals surface area contributed by atoms with Crippen LogP contribution in [0.5, 0.6) is 11.5 Å². The Balaban J connectivity index is 1.69. The van der Waals surface area contributed by atoms with Crippen molar-refractivity contribution in [3.63, 3.8) is 0 Å². The third-order valence-corrected chi connectivity index (χ3v) is 6.61. The third-order valence-electron chi connectivity index (χ3n) is 6.61. The number of hydrazone groups is 1. The van der Waals surface area contributed by atoms with Gasteiger partial charge < -0.3 is 9.47 Å². The van der Waals surface area contributed by atoms with Crippen LogP contribution in [0.15, 0.2) is 41.5 Å². The quantitative estimate of drug-likeness (QED) is 0.671. The van der Waals surface area contributed by atoms with Crippen molar-refractivity contribution in [2.24, 2.45) is 5.10 Å². The number of likely N-dealkylation sites (tertiary alicyclic amines) is 1. The van der Waals surface area contributed by atoms with Crippen LogP contribution in [0.2, 0.25) is 0 Å². The number of benzene rings is 2. The molecule has 0 aromatic heterocycles. The summed E-state index contributed by atoms with van der Waals surface area (Å²) in [5, 5.41) is 6.54. The van der Waals surface area contributed by atoms with Gasteiger partial charge in [-0.15, -0.1) is 0 Å². The van der Waals surface area contributed by atoms with Crippen LogP contribution in [0.4, 0.5) is 0 Å². The molecular weight excluding hydrogens is 402 g/mol. The van der Waals surface area contributed by atoms with E-state index in [1.807, 2.05) is 18.2 Å². The number of aryl methyl sites for hydroxylation is 2. The van der Waals surface area contributed by atoms with Crippen molar-refractivity contribution in [2.45, 2.75) is 45.6 Å². The van der Waals surface area contributed by atoms with Crippen molar-refractivity contribution in [1.29, 1.82) is 0 Å². The predicted molar refractivity (Wildman–Crippen MR) is 126 cm³/mol. The van der Waals surface area contributed by atoms with Crippen LogP contribution in [0.1, 0.15) is 54.0 Å². The van der Waals surface area contributed by atoms with Gasteiger partial charge in [0, 0.05) is 12.0 Å². The van der Waals surface area contributed by atoms with Gasteiger partial charge in [-0.2, -0.15) is 5.10 Å². The molecule has 1 amide bonds. The maximum absolute atomic E-state index is 13.5. The molecule has 6 heteroatoms. The van der Waals surface area contributed by atoms with Crippen molar-refractivity contribution in [2.75, 3.05) is 33.9 Å². The molecule has 32 heavy (non-hydrogen) atoms. The number of methoxy groups -OCH3 is 2. The largest absolute Gasteiger partial charge is 0.497 e. The Morgan fingerprint density at radius 3 is 2.47 bits per heavy atom. The zero-order valence-electron chi connectivity index (χ0n) is 19.6. The number of carbonyl (C=O) groups excluding carboxylic acids is 1. The molecule has 2 heterocycles. The van der Waals surface area contributed by atoms with Gasteiger partial charge in [-0.3, -0.25) is 9.69 Å². The Morgan fingerprint density at radius 2 is 1.78 bits per heavy atom. The zero-order valence-corrected chi connectivity index (χ0v) is 19.6. The van der Waals surface area contributed by atoms with Gasteiger partial charge in [0.1, 0.15) is 11.5 Å². The Bertz CT molecular complexity index is 1010. The number of hydrogen-bond acceptors (Lipinski definition) is 5. The molecule has 6 nitrogen and oxygen atoms in total. The van der Waals surface area contributed by atoms with Gasteiger partial charge in [0.05, 0.1) is 32.5 Å². The minimum absolute atomic E-state index is 0.0283. The van der Waals surface area contributed by atoms with Gasteiger partial charge in [0.2, 0.25) is 0 Å². The topological polar surface area (TPSA) is 54.4 Å². The lowest BCUT2D eigenvalue weighted by Crippen LogP contribution is -2.40. The van der Waals surface area contributed by atoms with Crippen LogP contribution in [0, 0.1) is 13.8 Å². The van der Waals surface area contributed by atoms with Gasteiger partial charge in [0.15, 0.2) is 0 Å². The number of amides is 1. The monoisotopic (exact) mass is 435 g/mol. The van der Waals surface area contributed by atoms with E-state index in [0.717, 1.165) is 54.3 Å². The molecule has 170 valence electrons. The van der Waals surface area contributed by atoms with Crippen molar-refractivity contribution in [3.8, 4) is 11.5 Å². The molecule has 2 aliphatic rings. The maximum Gasteiger partial charge on any atom is 0.257 e. The lowest BCUT2D eigenvalue weighted by molar-refractivity contribution is -0.134. The molecule has 1 saturated heterocycles. The molecule has 0 N–H and O–H groups in total. The lowest BCUT2D eigenvalue weighted by Gasteiger charge is -2.29. The van der Waals surface area contributed by atoms with Gasteiger partial charge in [-0.1, -0.05) is 18.6 Å². The van der Waals surface area contributed by atoms with Crippen molar-refractivity contribution in [1.82, 2.24) is 9.91 Å². The van der Waals surface area contributed by atoms with Crippen molar-refractivity contribution < 1.29 is 14.3 Å². The van der Waals surface area contributed by atoms with E-state index in [9.17, 15) is 4.79 Å². The molecule has 0 spiro atoms. The van der Waals surface area contributed by atoms with Gasteiger partial charge in [0.25, 0.3) is 5.91 Å². The Kier molecular flexibility index (Phi) is 6.80. The van der Waals surface area contributed by atoms with Crippen LogP contribution in [0.3, 0.4) is 0 Å². The summed E-state index contributed by atoms with van der Waals surface area (Å²) < 4.78 is 11.1. The van der Waals surface area contributed by atoms with Crippen LogP contribution in [-0.4, -0.2) is 55.4 Å². The Morgan fingerprint density at radius 1 is 1.00 bits per heavy atom. The summed E-state index contributed by atoms with van der Waals surface area (Å²) in [7, 11) is 3.31. The van der Waals surface area contributed by atoms with E-state index in [-0.39, 0.29) is 11.9 Å². The van der Waals surface area contributed by atoms with E-state index >= 15 is 0 Å². The highest BCUT2D eigenvalue weighted by molar-refractivity contribution is 6.03. The Hall–Kier alpha value is -2.86.